The first-order valence-corrected chi connectivity index (χ1v) is 6.19. The molecule has 0 saturated carbocycles. The zero-order chi connectivity index (χ0) is 13.9. The third-order valence-corrected chi connectivity index (χ3v) is 3.25. The van der Waals surface area contributed by atoms with Gasteiger partial charge in [0.15, 0.2) is 0 Å². The van der Waals surface area contributed by atoms with Gasteiger partial charge < -0.3 is 10.1 Å². The molecule has 1 heterocycles. The monoisotopic (exact) mass is 253 g/mol. The van der Waals surface area contributed by atoms with E-state index in [0.717, 1.165) is 11.4 Å². The van der Waals surface area contributed by atoms with Crippen molar-refractivity contribution < 1.29 is 9.53 Å². The first-order valence-electron chi connectivity index (χ1n) is 6.19. The normalized spacial score (nSPS) is 12.8. The number of nitrogens with one attached hydrogen (secondary N) is 1. The molecule has 0 radical (unpaired) electrons. The van der Waals surface area contributed by atoms with Crippen molar-refractivity contribution in [2.45, 2.75) is 33.8 Å². The van der Waals surface area contributed by atoms with Crippen molar-refractivity contribution in [3.05, 3.63) is 17.0 Å². The molecule has 0 aliphatic rings. The van der Waals surface area contributed by atoms with Gasteiger partial charge in [-0.25, -0.2) is 0 Å². The summed E-state index contributed by atoms with van der Waals surface area (Å²) in [7, 11) is 3.50. The van der Waals surface area contributed by atoms with Gasteiger partial charge in [0.1, 0.15) is 0 Å². The Morgan fingerprint density at radius 3 is 2.44 bits per heavy atom. The Hall–Kier alpha value is -1.36. The fraction of sp³-hybridized carbons (Fsp3) is 0.692. The molecule has 0 fully saturated rings. The molecule has 1 N–H and O–H groups in total. The molecule has 5 nitrogen and oxygen atoms in total. The van der Waals surface area contributed by atoms with Crippen LogP contribution in [0.3, 0.4) is 0 Å². The molecular weight excluding hydrogens is 230 g/mol. The summed E-state index contributed by atoms with van der Waals surface area (Å²) in [5, 5.41) is 7.15. The summed E-state index contributed by atoms with van der Waals surface area (Å²) in [6.45, 7) is 8.39. The summed E-state index contributed by atoms with van der Waals surface area (Å²) in [4.78, 5) is 12.1. The zero-order valence-corrected chi connectivity index (χ0v) is 12.1. The van der Waals surface area contributed by atoms with E-state index in [4.69, 9.17) is 4.74 Å². The first kappa shape index (κ1) is 14.7. The Morgan fingerprint density at radius 1 is 1.44 bits per heavy atom. The van der Waals surface area contributed by atoms with Gasteiger partial charge in [-0.05, 0) is 19.8 Å². The molecule has 1 atom stereocenters. The van der Waals surface area contributed by atoms with E-state index in [0.29, 0.717) is 18.0 Å². The van der Waals surface area contributed by atoms with Crippen molar-refractivity contribution in [1.82, 2.24) is 15.1 Å². The molecular formula is C13H23N3O2. The minimum atomic E-state index is -0.0826. The Bertz CT molecular complexity index is 424. The molecule has 102 valence electrons. The average molecular weight is 253 g/mol. The fourth-order valence-electron chi connectivity index (χ4n) is 1.98. The minimum absolute atomic E-state index is 0.0335. The number of amides is 1. The maximum Gasteiger partial charge on any atom is 0.255 e. The molecule has 1 rings (SSSR count). The van der Waals surface area contributed by atoms with Gasteiger partial charge in [-0.3, -0.25) is 9.48 Å². The Kier molecular flexibility index (Phi) is 4.90. The lowest BCUT2D eigenvalue weighted by Gasteiger charge is -2.19. The van der Waals surface area contributed by atoms with E-state index in [-0.39, 0.29) is 12.0 Å². The topological polar surface area (TPSA) is 56.1 Å². The van der Waals surface area contributed by atoms with Crippen LogP contribution in [0.5, 0.6) is 0 Å². The predicted molar refractivity (Wildman–Crippen MR) is 70.7 cm³/mol. The second-order valence-electron chi connectivity index (χ2n) is 4.90. The lowest BCUT2D eigenvalue weighted by molar-refractivity contribution is 0.0604. The van der Waals surface area contributed by atoms with E-state index < -0.39 is 0 Å². The van der Waals surface area contributed by atoms with Gasteiger partial charge in [0.2, 0.25) is 0 Å². The first-order chi connectivity index (χ1) is 8.38. The van der Waals surface area contributed by atoms with Gasteiger partial charge in [-0.1, -0.05) is 13.8 Å². The van der Waals surface area contributed by atoms with Crippen LogP contribution in [-0.4, -0.2) is 35.4 Å². The van der Waals surface area contributed by atoms with Crippen molar-refractivity contribution in [1.29, 1.82) is 0 Å². The number of carbonyl (C=O) groups excluding carboxylic acids is 1. The van der Waals surface area contributed by atoms with Crippen LogP contribution < -0.4 is 5.32 Å². The van der Waals surface area contributed by atoms with Crippen LogP contribution >= 0.6 is 0 Å². The zero-order valence-electron chi connectivity index (χ0n) is 12.1. The quantitative estimate of drug-likeness (QED) is 0.864. The highest BCUT2D eigenvalue weighted by Crippen LogP contribution is 2.12. The Morgan fingerprint density at radius 2 is 2.06 bits per heavy atom. The van der Waals surface area contributed by atoms with Crippen molar-refractivity contribution in [2.75, 3.05) is 13.7 Å². The largest absolute Gasteiger partial charge is 0.379 e. The molecule has 0 spiro atoms. The van der Waals surface area contributed by atoms with Gasteiger partial charge >= 0.3 is 0 Å². The molecule has 18 heavy (non-hydrogen) atoms. The summed E-state index contributed by atoms with van der Waals surface area (Å²) in [6, 6.07) is 0. The molecule has 0 saturated heterocycles. The number of aromatic nitrogens is 2. The van der Waals surface area contributed by atoms with Crippen LogP contribution in [0.15, 0.2) is 0 Å². The number of hydrogen-bond acceptors (Lipinski definition) is 3. The molecule has 0 bridgehead atoms. The summed E-state index contributed by atoms with van der Waals surface area (Å²) in [5.74, 6) is 0.284. The Labute approximate surface area is 109 Å². The Balaban J connectivity index is 2.71. The highest BCUT2D eigenvalue weighted by atomic mass is 16.5. The van der Waals surface area contributed by atoms with E-state index >= 15 is 0 Å². The lowest BCUT2D eigenvalue weighted by Crippen LogP contribution is -2.36. The molecule has 1 aromatic heterocycles. The summed E-state index contributed by atoms with van der Waals surface area (Å²) in [5.41, 5.74) is 2.30. The summed E-state index contributed by atoms with van der Waals surface area (Å²) < 4.78 is 7.05. The predicted octanol–water partition coefficient (Wildman–Crippen LogP) is 1.44. The fourth-order valence-corrected chi connectivity index (χ4v) is 1.98. The number of aryl methyl sites for hydroxylation is 2. The number of rotatable bonds is 5. The molecule has 1 amide bonds. The van der Waals surface area contributed by atoms with Crippen molar-refractivity contribution in [3.63, 3.8) is 0 Å². The summed E-state index contributed by atoms with van der Waals surface area (Å²) >= 11 is 0. The smallest absolute Gasteiger partial charge is 0.255 e. The van der Waals surface area contributed by atoms with Crippen molar-refractivity contribution in [3.8, 4) is 0 Å². The molecule has 0 aromatic carbocycles. The molecule has 0 aliphatic carbocycles. The number of ether oxygens (including phenoxy) is 1. The number of methoxy groups -OCH3 is 1. The van der Waals surface area contributed by atoms with E-state index in [1.54, 1.807) is 11.8 Å². The number of nitrogens with zero attached hydrogens (tertiary/aromatic N) is 2. The average Bonchev–Trinajstić information content (AvgIpc) is 2.53. The van der Waals surface area contributed by atoms with Gasteiger partial charge in [-0.15, -0.1) is 0 Å². The molecule has 0 unspecified atom stereocenters. The van der Waals surface area contributed by atoms with Crippen LogP contribution in [0.1, 0.15) is 35.6 Å². The second kappa shape index (κ2) is 6.00. The number of carbonyl (C=O) groups is 1. The second-order valence-corrected chi connectivity index (χ2v) is 4.90. The van der Waals surface area contributed by atoms with Crippen LogP contribution in [0.2, 0.25) is 0 Å². The van der Waals surface area contributed by atoms with Crippen LogP contribution in [-0.2, 0) is 11.8 Å². The highest BCUT2D eigenvalue weighted by Gasteiger charge is 2.19. The van der Waals surface area contributed by atoms with E-state index in [1.807, 2.05) is 20.9 Å². The lowest BCUT2D eigenvalue weighted by atomic mass is 10.1. The third-order valence-electron chi connectivity index (χ3n) is 3.25. The molecule has 0 aliphatic heterocycles. The standard InChI is InChI=1S/C13H23N3O2/c1-8(2)11(18-6)7-14-13(17)12-9(3)15-16(5)10(12)4/h8,11H,7H2,1-6H3,(H,14,17)/t11-/m1/s1. The molecule has 5 heteroatoms. The van der Waals surface area contributed by atoms with E-state index in [2.05, 4.69) is 24.3 Å². The van der Waals surface area contributed by atoms with Gasteiger partial charge in [0.25, 0.3) is 5.91 Å². The third kappa shape index (κ3) is 3.10. The van der Waals surface area contributed by atoms with Crippen LogP contribution in [0.4, 0.5) is 0 Å². The highest BCUT2D eigenvalue weighted by molar-refractivity contribution is 5.96. The summed E-state index contributed by atoms with van der Waals surface area (Å²) in [6.07, 6.45) is 0.0335. The molecule has 1 aromatic rings. The van der Waals surface area contributed by atoms with Gasteiger partial charge in [0, 0.05) is 26.4 Å². The van der Waals surface area contributed by atoms with E-state index in [9.17, 15) is 4.79 Å². The number of hydrogen-bond donors (Lipinski definition) is 1. The van der Waals surface area contributed by atoms with Crippen molar-refractivity contribution >= 4 is 5.91 Å². The van der Waals surface area contributed by atoms with Crippen LogP contribution in [0.25, 0.3) is 0 Å². The SMILES string of the molecule is CO[C@H](CNC(=O)c1c(C)nn(C)c1C)C(C)C. The maximum atomic E-state index is 12.1. The maximum absolute atomic E-state index is 12.1. The van der Waals surface area contributed by atoms with Crippen molar-refractivity contribution in [2.24, 2.45) is 13.0 Å². The van der Waals surface area contributed by atoms with E-state index in [1.165, 1.54) is 0 Å². The van der Waals surface area contributed by atoms with Gasteiger partial charge in [0.05, 0.1) is 17.4 Å². The van der Waals surface area contributed by atoms with Crippen LogP contribution in [0, 0.1) is 19.8 Å². The van der Waals surface area contributed by atoms with Gasteiger partial charge in [-0.2, -0.15) is 5.10 Å². The minimum Gasteiger partial charge on any atom is -0.379 e.